The van der Waals surface area contributed by atoms with Gasteiger partial charge in [0, 0.05) is 17.5 Å². The summed E-state index contributed by atoms with van der Waals surface area (Å²) >= 11 is 6.10. The summed E-state index contributed by atoms with van der Waals surface area (Å²) in [5, 5.41) is 3.14. The van der Waals surface area contributed by atoms with Crippen LogP contribution in [0.3, 0.4) is 0 Å². The minimum atomic E-state index is -0.00721. The van der Waals surface area contributed by atoms with Crippen molar-refractivity contribution in [2.75, 3.05) is 6.54 Å². The molecule has 0 fully saturated rings. The third-order valence-electron chi connectivity index (χ3n) is 2.62. The molecule has 0 saturated heterocycles. The summed E-state index contributed by atoms with van der Waals surface area (Å²) in [4.78, 5) is 11.7. The SMILES string of the molecule is CCCC(Cl)CCCNC(=O)c1ccccc1. The molecule has 1 amide bonds. The van der Waals surface area contributed by atoms with Gasteiger partial charge in [0.25, 0.3) is 5.91 Å². The Kier molecular flexibility index (Phi) is 6.71. The third kappa shape index (κ3) is 5.73. The number of hydrogen-bond donors (Lipinski definition) is 1. The average Bonchev–Trinajstić information content (AvgIpc) is 2.36. The van der Waals surface area contributed by atoms with E-state index in [1.54, 1.807) is 0 Å². The quantitative estimate of drug-likeness (QED) is 0.584. The first-order chi connectivity index (χ1) is 8.24. The number of benzene rings is 1. The van der Waals surface area contributed by atoms with Crippen molar-refractivity contribution >= 4 is 17.5 Å². The zero-order valence-electron chi connectivity index (χ0n) is 10.3. The summed E-state index contributed by atoms with van der Waals surface area (Å²) < 4.78 is 0. The first-order valence-corrected chi connectivity index (χ1v) is 6.65. The highest BCUT2D eigenvalue weighted by Gasteiger charge is 2.05. The van der Waals surface area contributed by atoms with E-state index in [9.17, 15) is 4.79 Å². The lowest BCUT2D eigenvalue weighted by Gasteiger charge is -2.08. The van der Waals surface area contributed by atoms with Crippen LogP contribution >= 0.6 is 11.6 Å². The number of rotatable bonds is 7. The van der Waals surface area contributed by atoms with Crippen molar-refractivity contribution < 1.29 is 4.79 Å². The Labute approximate surface area is 108 Å². The molecule has 0 aliphatic carbocycles. The topological polar surface area (TPSA) is 29.1 Å². The number of carbonyl (C=O) groups is 1. The van der Waals surface area contributed by atoms with Gasteiger partial charge in [0.05, 0.1) is 0 Å². The van der Waals surface area contributed by atoms with Gasteiger partial charge in [0.2, 0.25) is 0 Å². The summed E-state index contributed by atoms with van der Waals surface area (Å²) in [6.45, 7) is 2.83. The van der Waals surface area contributed by atoms with Crippen LogP contribution < -0.4 is 5.32 Å². The van der Waals surface area contributed by atoms with Crippen LogP contribution in [-0.4, -0.2) is 17.8 Å². The average molecular weight is 254 g/mol. The zero-order chi connectivity index (χ0) is 12.5. The van der Waals surface area contributed by atoms with E-state index in [2.05, 4.69) is 12.2 Å². The number of alkyl halides is 1. The van der Waals surface area contributed by atoms with Crippen molar-refractivity contribution in [1.29, 1.82) is 0 Å². The molecule has 0 aromatic heterocycles. The molecule has 1 N–H and O–H groups in total. The molecule has 1 rings (SSSR count). The van der Waals surface area contributed by atoms with E-state index < -0.39 is 0 Å². The van der Waals surface area contributed by atoms with E-state index in [4.69, 9.17) is 11.6 Å². The van der Waals surface area contributed by atoms with Gasteiger partial charge >= 0.3 is 0 Å². The van der Waals surface area contributed by atoms with Crippen molar-refractivity contribution in [2.45, 2.75) is 38.0 Å². The molecule has 94 valence electrons. The number of halogens is 1. The lowest BCUT2D eigenvalue weighted by molar-refractivity contribution is 0.0953. The second-order valence-corrected chi connectivity index (χ2v) is 4.77. The molecular weight excluding hydrogens is 234 g/mol. The fourth-order valence-corrected chi connectivity index (χ4v) is 2.05. The minimum Gasteiger partial charge on any atom is -0.352 e. The van der Waals surface area contributed by atoms with E-state index in [1.165, 1.54) is 0 Å². The number of amides is 1. The Morgan fingerprint density at radius 2 is 2.00 bits per heavy atom. The molecule has 2 nitrogen and oxygen atoms in total. The van der Waals surface area contributed by atoms with Gasteiger partial charge in [0.1, 0.15) is 0 Å². The molecule has 0 heterocycles. The van der Waals surface area contributed by atoms with Crippen molar-refractivity contribution in [3.63, 3.8) is 0 Å². The maximum atomic E-state index is 11.7. The van der Waals surface area contributed by atoms with Gasteiger partial charge in [0.15, 0.2) is 0 Å². The molecule has 3 heteroatoms. The molecule has 17 heavy (non-hydrogen) atoms. The van der Waals surface area contributed by atoms with Crippen LogP contribution in [0.4, 0.5) is 0 Å². The monoisotopic (exact) mass is 253 g/mol. The second kappa shape index (κ2) is 8.13. The number of nitrogens with one attached hydrogen (secondary N) is 1. The summed E-state index contributed by atoms with van der Waals surface area (Å²) in [7, 11) is 0. The van der Waals surface area contributed by atoms with Crippen molar-refractivity contribution in [3.8, 4) is 0 Å². The Morgan fingerprint density at radius 3 is 2.65 bits per heavy atom. The largest absolute Gasteiger partial charge is 0.352 e. The maximum Gasteiger partial charge on any atom is 0.251 e. The van der Waals surface area contributed by atoms with Gasteiger partial charge < -0.3 is 5.32 Å². The van der Waals surface area contributed by atoms with Crippen LogP contribution in [0.1, 0.15) is 43.0 Å². The van der Waals surface area contributed by atoms with Gasteiger partial charge in [-0.25, -0.2) is 0 Å². The molecule has 1 aromatic carbocycles. The van der Waals surface area contributed by atoms with Crippen molar-refractivity contribution in [3.05, 3.63) is 35.9 Å². The molecule has 0 aliphatic heterocycles. The highest BCUT2D eigenvalue weighted by molar-refractivity contribution is 6.20. The lowest BCUT2D eigenvalue weighted by Crippen LogP contribution is -2.24. The standard InChI is InChI=1S/C14H20ClNO/c1-2-7-13(15)10-6-11-16-14(17)12-8-4-3-5-9-12/h3-5,8-9,13H,2,6-7,10-11H2,1H3,(H,16,17). The Morgan fingerprint density at radius 1 is 1.29 bits per heavy atom. The number of hydrogen-bond acceptors (Lipinski definition) is 1. The molecule has 0 bridgehead atoms. The number of carbonyl (C=O) groups excluding carboxylic acids is 1. The Hall–Kier alpha value is -1.02. The summed E-state index contributed by atoms with van der Waals surface area (Å²) in [5.41, 5.74) is 0.712. The predicted octanol–water partition coefficient (Wildman–Crippen LogP) is 3.60. The van der Waals surface area contributed by atoms with Gasteiger partial charge in [-0.15, -0.1) is 11.6 Å². The lowest BCUT2D eigenvalue weighted by atomic mass is 10.1. The first kappa shape index (κ1) is 14.0. The molecule has 0 aliphatic rings. The van der Waals surface area contributed by atoms with Crippen LogP contribution in [0.25, 0.3) is 0 Å². The molecule has 1 atom stereocenters. The summed E-state index contributed by atoms with van der Waals surface area (Å²) in [6, 6.07) is 9.27. The van der Waals surface area contributed by atoms with Gasteiger partial charge in [-0.3, -0.25) is 4.79 Å². The molecule has 0 radical (unpaired) electrons. The van der Waals surface area contributed by atoms with Crippen molar-refractivity contribution in [1.82, 2.24) is 5.32 Å². The fourth-order valence-electron chi connectivity index (χ4n) is 1.67. The maximum absolute atomic E-state index is 11.7. The van der Waals surface area contributed by atoms with E-state index in [-0.39, 0.29) is 11.3 Å². The summed E-state index contributed by atoms with van der Waals surface area (Å²) in [5.74, 6) is -0.00721. The van der Waals surface area contributed by atoms with Gasteiger partial charge in [-0.2, -0.15) is 0 Å². The van der Waals surface area contributed by atoms with Crippen molar-refractivity contribution in [2.24, 2.45) is 0 Å². The Bertz CT molecular complexity index is 326. The molecule has 1 aromatic rings. The molecular formula is C14H20ClNO. The van der Waals surface area contributed by atoms with E-state index >= 15 is 0 Å². The smallest absolute Gasteiger partial charge is 0.251 e. The van der Waals surface area contributed by atoms with E-state index in [0.29, 0.717) is 12.1 Å². The van der Waals surface area contributed by atoms with Crippen LogP contribution in [0.15, 0.2) is 30.3 Å². The van der Waals surface area contributed by atoms with Crippen LogP contribution in [-0.2, 0) is 0 Å². The van der Waals surface area contributed by atoms with Crippen LogP contribution in [0.2, 0.25) is 0 Å². The first-order valence-electron chi connectivity index (χ1n) is 6.21. The summed E-state index contributed by atoms with van der Waals surface area (Å²) in [6.07, 6.45) is 4.07. The van der Waals surface area contributed by atoms with Crippen LogP contribution in [0, 0.1) is 0 Å². The highest BCUT2D eigenvalue weighted by atomic mass is 35.5. The van der Waals surface area contributed by atoms with Gasteiger partial charge in [-0.1, -0.05) is 31.5 Å². The van der Waals surface area contributed by atoms with E-state index in [0.717, 1.165) is 25.7 Å². The zero-order valence-corrected chi connectivity index (χ0v) is 11.0. The minimum absolute atomic E-state index is 0.00721. The normalized spacial score (nSPS) is 12.1. The molecule has 0 saturated carbocycles. The molecule has 1 unspecified atom stereocenters. The van der Waals surface area contributed by atoms with Gasteiger partial charge in [-0.05, 0) is 31.4 Å². The Balaban J connectivity index is 2.17. The fraction of sp³-hybridized carbons (Fsp3) is 0.500. The highest BCUT2D eigenvalue weighted by Crippen LogP contribution is 2.11. The van der Waals surface area contributed by atoms with E-state index in [1.807, 2.05) is 30.3 Å². The molecule has 0 spiro atoms. The third-order valence-corrected chi connectivity index (χ3v) is 3.05. The second-order valence-electron chi connectivity index (χ2n) is 4.15. The predicted molar refractivity (Wildman–Crippen MR) is 72.6 cm³/mol. The van der Waals surface area contributed by atoms with Crippen LogP contribution in [0.5, 0.6) is 0 Å².